The number of fused-ring (bicyclic) bond motifs is 2. The first-order valence-corrected chi connectivity index (χ1v) is 9.52. The van der Waals surface area contributed by atoms with Crippen LogP contribution in [-0.4, -0.2) is 35.7 Å². The van der Waals surface area contributed by atoms with Gasteiger partial charge in [-0.2, -0.15) is 0 Å². The van der Waals surface area contributed by atoms with Gasteiger partial charge in [-0.1, -0.05) is 11.6 Å². The van der Waals surface area contributed by atoms with Gasteiger partial charge in [-0.05, 0) is 55.3 Å². The molecule has 2 aliphatic rings. The second kappa shape index (κ2) is 6.50. The molecule has 0 unspecified atom stereocenters. The summed E-state index contributed by atoms with van der Waals surface area (Å²) in [5, 5.41) is 1.88. The third-order valence-electron chi connectivity index (χ3n) is 5.45. The normalized spacial score (nSPS) is 16.9. The Kier molecular flexibility index (Phi) is 3.97. The number of nitrogens with zero attached hydrogens (tertiary/aromatic N) is 1. The molecule has 1 N–H and O–H groups in total. The number of carbonyl (C=O) groups excluding carboxylic acids is 1. The van der Waals surface area contributed by atoms with Crippen LogP contribution in [0.1, 0.15) is 34.8 Å². The predicted octanol–water partition coefficient (Wildman–Crippen LogP) is 4.57. The van der Waals surface area contributed by atoms with E-state index in [1.54, 1.807) is 12.1 Å². The Balaban J connectivity index is 1.28. The molecule has 0 atom stereocenters. The molecular formula is C21H19ClN2O3. The van der Waals surface area contributed by atoms with Gasteiger partial charge in [-0.15, -0.1) is 0 Å². The number of hydrogen-bond acceptors (Lipinski definition) is 3. The van der Waals surface area contributed by atoms with Gasteiger partial charge < -0.3 is 19.4 Å². The van der Waals surface area contributed by atoms with E-state index in [-0.39, 0.29) is 12.7 Å². The number of nitrogens with one attached hydrogen (secondary N) is 1. The highest BCUT2D eigenvalue weighted by Gasteiger charge is 2.26. The smallest absolute Gasteiger partial charge is 0.253 e. The van der Waals surface area contributed by atoms with Gasteiger partial charge in [0.1, 0.15) is 0 Å². The van der Waals surface area contributed by atoms with Crippen LogP contribution in [0.5, 0.6) is 11.5 Å². The number of benzene rings is 2. The molecule has 138 valence electrons. The third-order valence-corrected chi connectivity index (χ3v) is 5.68. The minimum absolute atomic E-state index is 0.0511. The summed E-state index contributed by atoms with van der Waals surface area (Å²) < 4.78 is 10.7. The summed E-state index contributed by atoms with van der Waals surface area (Å²) in [5.74, 6) is 1.82. The van der Waals surface area contributed by atoms with E-state index >= 15 is 0 Å². The molecule has 2 aromatic carbocycles. The molecule has 5 rings (SSSR count). The van der Waals surface area contributed by atoms with E-state index in [0.717, 1.165) is 41.9 Å². The number of aromatic nitrogens is 1. The maximum absolute atomic E-state index is 12.8. The molecule has 2 aliphatic heterocycles. The highest BCUT2D eigenvalue weighted by atomic mass is 35.5. The Hall–Kier alpha value is -2.66. The summed E-state index contributed by atoms with van der Waals surface area (Å²) in [5.41, 5.74) is 2.98. The van der Waals surface area contributed by atoms with Gasteiger partial charge in [0.15, 0.2) is 11.5 Å². The average Bonchev–Trinajstić information content (AvgIpc) is 3.33. The zero-order valence-electron chi connectivity index (χ0n) is 14.7. The number of hydrogen-bond donors (Lipinski definition) is 1. The van der Waals surface area contributed by atoms with Crippen LogP contribution in [0.15, 0.2) is 42.5 Å². The summed E-state index contributed by atoms with van der Waals surface area (Å²) in [6.07, 6.45) is 1.88. The molecule has 5 nitrogen and oxygen atoms in total. The van der Waals surface area contributed by atoms with E-state index in [1.165, 1.54) is 5.69 Å². The van der Waals surface area contributed by atoms with Crippen LogP contribution in [-0.2, 0) is 0 Å². The second-order valence-electron chi connectivity index (χ2n) is 7.09. The van der Waals surface area contributed by atoms with Crippen molar-refractivity contribution >= 4 is 28.4 Å². The minimum atomic E-state index is 0.0511. The van der Waals surface area contributed by atoms with Crippen molar-refractivity contribution in [3.8, 4) is 11.5 Å². The molecule has 0 spiro atoms. The molecule has 1 fully saturated rings. The lowest BCUT2D eigenvalue weighted by atomic mass is 9.93. The Labute approximate surface area is 161 Å². The molecule has 1 amide bonds. The fraction of sp³-hybridized carbons (Fsp3) is 0.286. The van der Waals surface area contributed by atoms with Crippen molar-refractivity contribution in [2.24, 2.45) is 0 Å². The number of ether oxygens (including phenoxy) is 2. The van der Waals surface area contributed by atoms with Crippen LogP contribution >= 0.6 is 11.6 Å². The number of rotatable bonds is 2. The molecule has 3 heterocycles. The summed E-state index contributed by atoms with van der Waals surface area (Å²) in [6.45, 7) is 1.70. The summed E-state index contributed by atoms with van der Waals surface area (Å²) in [6, 6.07) is 13.5. The lowest BCUT2D eigenvalue weighted by Gasteiger charge is -2.31. The van der Waals surface area contributed by atoms with Crippen molar-refractivity contribution in [1.29, 1.82) is 0 Å². The first kappa shape index (κ1) is 16.5. The Morgan fingerprint density at radius 1 is 1.04 bits per heavy atom. The minimum Gasteiger partial charge on any atom is -0.454 e. The molecule has 1 aromatic heterocycles. The van der Waals surface area contributed by atoms with Crippen LogP contribution in [0.25, 0.3) is 10.9 Å². The Morgan fingerprint density at radius 2 is 1.85 bits per heavy atom. The highest BCUT2D eigenvalue weighted by molar-refractivity contribution is 6.31. The fourth-order valence-corrected chi connectivity index (χ4v) is 4.13. The SMILES string of the molecule is O=C(c1ccc2c(c1)OCO2)N1CCC(c2cc3cc(Cl)ccc3[nH]2)CC1. The van der Waals surface area contributed by atoms with Crippen LogP contribution in [0.3, 0.4) is 0 Å². The summed E-state index contributed by atoms with van der Waals surface area (Å²) in [7, 11) is 0. The van der Waals surface area contributed by atoms with Crippen molar-refractivity contribution in [3.63, 3.8) is 0 Å². The number of likely N-dealkylation sites (tertiary alicyclic amines) is 1. The van der Waals surface area contributed by atoms with Gasteiger partial charge in [-0.3, -0.25) is 4.79 Å². The number of piperidine rings is 1. The molecule has 0 bridgehead atoms. The molecule has 27 heavy (non-hydrogen) atoms. The van der Waals surface area contributed by atoms with Crippen molar-refractivity contribution in [3.05, 3.63) is 58.7 Å². The maximum Gasteiger partial charge on any atom is 0.253 e. The highest BCUT2D eigenvalue weighted by Crippen LogP contribution is 2.34. The second-order valence-corrected chi connectivity index (χ2v) is 7.53. The van der Waals surface area contributed by atoms with Gasteiger partial charge in [0.2, 0.25) is 6.79 Å². The van der Waals surface area contributed by atoms with Crippen molar-refractivity contribution < 1.29 is 14.3 Å². The van der Waals surface area contributed by atoms with Crippen LogP contribution in [0.2, 0.25) is 5.02 Å². The molecule has 1 saturated heterocycles. The van der Waals surface area contributed by atoms with E-state index in [4.69, 9.17) is 21.1 Å². The molecule has 0 saturated carbocycles. The third kappa shape index (κ3) is 3.02. The first-order chi connectivity index (χ1) is 13.2. The quantitative estimate of drug-likeness (QED) is 0.706. The summed E-state index contributed by atoms with van der Waals surface area (Å²) in [4.78, 5) is 18.3. The Bertz CT molecular complexity index is 1020. The zero-order valence-corrected chi connectivity index (χ0v) is 15.5. The number of aromatic amines is 1. The van der Waals surface area contributed by atoms with E-state index in [0.29, 0.717) is 23.0 Å². The van der Waals surface area contributed by atoms with Gasteiger partial charge in [0.05, 0.1) is 0 Å². The van der Waals surface area contributed by atoms with Gasteiger partial charge in [-0.25, -0.2) is 0 Å². The lowest BCUT2D eigenvalue weighted by molar-refractivity contribution is 0.0712. The molecular weight excluding hydrogens is 364 g/mol. The maximum atomic E-state index is 12.8. The number of halogens is 1. The number of amides is 1. The van der Waals surface area contributed by atoms with E-state index in [1.807, 2.05) is 29.2 Å². The molecule has 0 aliphatic carbocycles. The number of carbonyl (C=O) groups is 1. The van der Waals surface area contributed by atoms with E-state index in [9.17, 15) is 4.79 Å². The van der Waals surface area contributed by atoms with Crippen LogP contribution < -0.4 is 9.47 Å². The summed E-state index contributed by atoms with van der Waals surface area (Å²) >= 11 is 6.09. The van der Waals surface area contributed by atoms with Crippen molar-refractivity contribution in [1.82, 2.24) is 9.88 Å². The average molecular weight is 383 g/mol. The standard InChI is InChI=1S/C21H19ClN2O3/c22-16-2-3-17-15(9-16)10-18(23-17)13-5-7-24(8-6-13)21(25)14-1-4-19-20(11-14)27-12-26-19/h1-4,9-11,13,23H,5-8,12H2. The predicted molar refractivity (Wildman–Crippen MR) is 104 cm³/mol. The van der Waals surface area contributed by atoms with Gasteiger partial charge >= 0.3 is 0 Å². The van der Waals surface area contributed by atoms with E-state index < -0.39 is 0 Å². The first-order valence-electron chi connectivity index (χ1n) is 9.14. The topological polar surface area (TPSA) is 54.6 Å². The number of H-pyrrole nitrogens is 1. The van der Waals surface area contributed by atoms with Crippen LogP contribution in [0, 0.1) is 0 Å². The monoisotopic (exact) mass is 382 g/mol. The Morgan fingerprint density at radius 3 is 2.70 bits per heavy atom. The lowest BCUT2D eigenvalue weighted by Crippen LogP contribution is -2.37. The fourth-order valence-electron chi connectivity index (χ4n) is 3.95. The van der Waals surface area contributed by atoms with Crippen LogP contribution in [0.4, 0.5) is 0 Å². The molecule has 6 heteroatoms. The van der Waals surface area contributed by atoms with Crippen molar-refractivity contribution in [2.45, 2.75) is 18.8 Å². The van der Waals surface area contributed by atoms with Gasteiger partial charge in [0, 0.05) is 46.2 Å². The van der Waals surface area contributed by atoms with Crippen molar-refractivity contribution in [2.75, 3.05) is 19.9 Å². The molecule has 3 aromatic rings. The van der Waals surface area contributed by atoms with E-state index in [2.05, 4.69) is 11.1 Å². The largest absolute Gasteiger partial charge is 0.454 e. The zero-order chi connectivity index (χ0) is 18.4. The molecule has 0 radical (unpaired) electrons. The van der Waals surface area contributed by atoms with Gasteiger partial charge in [0.25, 0.3) is 5.91 Å².